The molecule has 3 rings (SSSR count). The molecule has 0 radical (unpaired) electrons. The van der Waals surface area contributed by atoms with Gasteiger partial charge in [-0.3, -0.25) is 9.69 Å². The number of amides is 1. The van der Waals surface area contributed by atoms with E-state index in [0.29, 0.717) is 28.0 Å². The highest BCUT2D eigenvalue weighted by molar-refractivity contribution is 6.40. The standard InChI is InChI=1S/C14H10Cl2N2O/c15-10-5-3-6-11(16)13(10)18-8-17-12-7-2-1-4-9(12)14(18)19/h1-7,17H,8H2. The van der Waals surface area contributed by atoms with Crippen LogP contribution in [0.15, 0.2) is 42.5 Å². The van der Waals surface area contributed by atoms with E-state index in [9.17, 15) is 4.79 Å². The van der Waals surface area contributed by atoms with E-state index in [2.05, 4.69) is 5.32 Å². The first-order valence-electron chi connectivity index (χ1n) is 5.77. The zero-order chi connectivity index (χ0) is 13.4. The minimum Gasteiger partial charge on any atom is -0.367 e. The maximum absolute atomic E-state index is 12.5. The molecular formula is C14H10Cl2N2O. The lowest BCUT2D eigenvalue weighted by Crippen LogP contribution is -2.40. The smallest absolute Gasteiger partial charge is 0.261 e. The lowest BCUT2D eigenvalue weighted by atomic mass is 10.1. The van der Waals surface area contributed by atoms with Gasteiger partial charge < -0.3 is 5.32 Å². The fourth-order valence-corrected chi connectivity index (χ4v) is 2.73. The fourth-order valence-electron chi connectivity index (χ4n) is 2.13. The summed E-state index contributed by atoms with van der Waals surface area (Å²) in [5, 5.41) is 4.10. The number of fused-ring (bicyclic) bond motifs is 1. The Morgan fingerprint density at radius 3 is 2.42 bits per heavy atom. The molecule has 0 atom stereocenters. The molecule has 0 aromatic heterocycles. The van der Waals surface area contributed by atoms with Gasteiger partial charge >= 0.3 is 0 Å². The first kappa shape index (κ1) is 12.3. The maximum Gasteiger partial charge on any atom is 0.261 e. The summed E-state index contributed by atoms with van der Waals surface area (Å²) in [6, 6.07) is 12.6. The van der Waals surface area contributed by atoms with Gasteiger partial charge in [-0.25, -0.2) is 0 Å². The Bertz CT molecular complexity index is 637. The van der Waals surface area contributed by atoms with Crippen LogP contribution in [0.4, 0.5) is 11.4 Å². The van der Waals surface area contributed by atoms with Crippen molar-refractivity contribution in [3.63, 3.8) is 0 Å². The van der Waals surface area contributed by atoms with E-state index in [1.54, 1.807) is 29.2 Å². The van der Waals surface area contributed by atoms with Crippen molar-refractivity contribution in [2.24, 2.45) is 0 Å². The van der Waals surface area contributed by atoms with Gasteiger partial charge in [0.15, 0.2) is 0 Å². The molecule has 5 heteroatoms. The third kappa shape index (κ3) is 2.05. The molecule has 1 aliphatic heterocycles. The molecule has 1 N–H and O–H groups in total. The molecule has 0 aliphatic carbocycles. The van der Waals surface area contributed by atoms with Crippen molar-refractivity contribution in [3.8, 4) is 0 Å². The van der Waals surface area contributed by atoms with Crippen LogP contribution in [-0.2, 0) is 0 Å². The summed E-state index contributed by atoms with van der Waals surface area (Å²) in [6.07, 6.45) is 0. The lowest BCUT2D eigenvalue weighted by molar-refractivity contribution is 0.0986. The molecule has 0 saturated heterocycles. The highest BCUT2D eigenvalue weighted by Gasteiger charge is 2.27. The second kappa shape index (κ2) is 4.76. The monoisotopic (exact) mass is 292 g/mol. The second-order valence-corrected chi connectivity index (χ2v) is 5.00. The van der Waals surface area contributed by atoms with Gasteiger partial charge in [-0.1, -0.05) is 41.4 Å². The predicted molar refractivity (Wildman–Crippen MR) is 78.2 cm³/mol. The third-order valence-electron chi connectivity index (χ3n) is 3.04. The number of anilines is 2. The summed E-state index contributed by atoms with van der Waals surface area (Å²) in [4.78, 5) is 14.0. The van der Waals surface area contributed by atoms with E-state index in [1.807, 2.05) is 18.2 Å². The van der Waals surface area contributed by atoms with Crippen LogP contribution in [0.1, 0.15) is 10.4 Å². The summed E-state index contributed by atoms with van der Waals surface area (Å²) >= 11 is 12.3. The molecule has 3 nitrogen and oxygen atoms in total. The molecule has 0 saturated carbocycles. The van der Waals surface area contributed by atoms with E-state index < -0.39 is 0 Å². The van der Waals surface area contributed by atoms with Gasteiger partial charge in [0.2, 0.25) is 0 Å². The van der Waals surface area contributed by atoms with E-state index in [1.165, 1.54) is 0 Å². The summed E-state index contributed by atoms with van der Waals surface area (Å²) in [5.41, 5.74) is 1.98. The summed E-state index contributed by atoms with van der Waals surface area (Å²) < 4.78 is 0. The van der Waals surface area contributed by atoms with Crippen molar-refractivity contribution >= 4 is 40.5 Å². The number of hydrogen-bond acceptors (Lipinski definition) is 2. The molecule has 19 heavy (non-hydrogen) atoms. The van der Waals surface area contributed by atoms with E-state index in [4.69, 9.17) is 23.2 Å². The number of benzene rings is 2. The molecule has 0 unspecified atom stereocenters. The normalized spacial score (nSPS) is 14.0. The van der Waals surface area contributed by atoms with Gasteiger partial charge in [-0.2, -0.15) is 0 Å². The molecule has 2 aromatic rings. The van der Waals surface area contributed by atoms with E-state index >= 15 is 0 Å². The second-order valence-electron chi connectivity index (χ2n) is 4.18. The topological polar surface area (TPSA) is 32.3 Å². The Balaban J connectivity index is 2.08. The average Bonchev–Trinajstić information content (AvgIpc) is 2.41. The zero-order valence-electron chi connectivity index (χ0n) is 9.86. The van der Waals surface area contributed by atoms with Crippen LogP contribution < -0.4 is 10.2 Å². The van der Waals surface area contributed by atoms with Gasteiger partial charge in [-0.15, -0.1) is 0 Å². The third-order valence-corrected chi connectivity index (χ3v) is 3.65. The highest BCUT2D eigenvalue weighted by atomic mass is 35.5. The Morgan fingerprint density at radius 1 is 1.00 bits per heavy atom. The molecule has 0 spiro atoms. The Morgan fingerprint density at radius 2 is 1.68 bits per heavy atom. The molecular weight excluding hydrogens is 283 g/mol. The number of carbonyl (C=O) groups is 1. The number of rotatable bonds is 1. The van der Waals surface area contributed by atoms with Crippen molar-refractivity contribution in [3.05, 3.63) is 58.1 Å². The number of carbonyl (C=O) groups excluding carboxylic acids is 1. The molecule has 1 heterocycles. The summed E-state index contributed by atoms with van der Waals surface area (Å²) in [7, 11) is 0. The van der Waals surface area contributed by atoms with Crippen molar-refractivity contribution in [2.75, 3.05) is 16.9 Å². The summed E-state index contributed by atoms with van der Waals surface area (Å²) in [6.45, 7) is 0.347. The molecule has 1 aliphatic rings. The van der Waals surface area contributed by atoms with Gasteiger partial charge in [-0.05, 0) is 24.3 Å². The first-order chi connectivity index (χ1) is 9.18. The van der Waals surface area contributed by atoms with Crippen LogP contribution in [0.5, 0.6) is 0 Å². The number of nitrogens with one attached hydrogen (secondary N) is 1. The first-order valence-corrected chi connectivity index (χ1v) is 6.53. The number of para-hydroxylation sites is 2. The Hall–Kier alpha value is -1.71. The number of nitrogens with zero attached hydrogens (tertiary/aromatic N) is 1. The SMILES string of the molecule is O=C1c2ccccc2NCN1c1c(Cl)cccc1Cl. The minimum atomic E-state index is -0.107. The molecule has 0 fully saturated rings. The van der Waals surface area contributed by atoms with Crippen LogP contribution in [0, 0.1) is 0 Å². The van der Waals surface area contributed by atoms with Gasteiger partial charge in [0, 0.05) is 5.69 Å². The van der Waals surface area contributed by atoms with Crippen molar-refractivity contribution in [2.45, 2.75) is 0 Å². The Kier molecular flexibility index (Phi) is 3.09. The molecule has 2 aromatic carbocycles. The van der Waals surface area contributed by atoms with Crippen molar-refractivity contribution < 1.29 is 4.79 Å². The van der Waals surface area contributed by atoms with Crippen LogP contribution in [0.3, 0.4) is 0 Å². The number of halogens is 2. The van der Waals surface area contributed by atoms with Gasteiger partial charge in [0.05, 0.1) is 28.0 Å². The van der Waals surface area contributed by atoms with Crippen molar-refractivity contribution in [1.29, 1.82) is 0 Å². The molecule has 0 bridgehead atoms. The zero-order valence-corrected chi connectivity index (χ0v) is 11.4. The fraction of sp³-hybridized carbons (Fsp3) is 0.0714. The van der Waals surface area contributed by atoms with Crippen LogP contribution in [0.25, 0.3) is 0 Å². The quantitative estimate of drug-likeness (QED) is 0.861. The van der Waals surface area contributed by atoms with Crippen LogP contribution >= 0.6 is 23.2 Å². The van der Waals surface area contributed by atoms with Crippen LogP contribution in [0.2, 0.25) is 10.0 Å². The van der Waals surface area contributed by atoms with Crippen LogP contribution in [-0.4, -0.2) is 12.6 Å². The van der Waals surface area contributed by atoms with Crippen molar-refractivity contribution in [1.82, 2.24) is 0 Å². The minimum absolute atomic E-state index is 0.107. The largest absolute Gasteiger partial charge is 0.367 e. The predicted octanol–water partition coefficient (Wildman–Crippen LogP) is 4.02. The van der Waals surface area contributed by atoms with E-state index in [-0.39, 0.29) is 5.91 Å². The molecule has 1 amide bonds. The summed E-state index contributed by atoms with van der Waals surface area (Å²) in [5.74, 6) is -0.107. The number of hydrogen-bond donors (Lipinski definition) is 1. The molecule has 96 valence electrons. The van der Waals surface area contributed by atoms with Gasteiger partial charge in [0.1, 0.15) is 0 Å². The van der Waals surface area contributed by atoms with E-state index in [0.717, 1.165) is 5.69 Å². The lowest BCUT2D eigenvalue weighted by Gasteiger charge is -2.30. The van der Waals surface area contributed by atoms with Gasteiger partial charge in [0.25, 0.3) is 5.91 Å². The Labute approximate surface area is 120 Å². The maximum atomic E-state index is 12.5. The average molecular weight is 293 g/mol. The highest BCUT2D eigenvalue weighted by Crippen LogP contribution is 2.36.